The molecule has 49 heavy (non-hydrogen) atoms. The van der Waals surface area contributed by atoms with Crippen molar-refractivity contribution in [3.63, 3.8) is 0 Å². The number of aliphatic hydroxyl groups is 7. The summed E-state index contributed by atoms with van der Waals surface area (Å²) in [6.45, 7) is -0.984. The van der Waals surface area contributed by atoms with E-state index in [2.05, 4.69) is 11.2 Å². The molecule has 1 amide bonds. The number of amides is 1. The molecule has 0 bridgehead atoms. The SMILES string of the molecule is C#CCCC(=O)NCC1C(O)C2C(N)C(OC3C(CO)OC(OC4C(O)C(N)CC(N)C4OC4OC(CN)C(O)C(O)C4N)C3O)OC12O. The van der Waals surface area contributed by atoms with Crippen molar-refractivity contribution in [1.82, 2.24) is 5.32 Å². The summed E-state index contributed by atoms with van der Waals surface area (Å²) in [5.41, 5.74) is 30.5. The smallest absolute Gasteiger partial charge is 0.220 e. The van der Waals surface area contributed by atoms with Crippen LogP contribution in [0.25, 0.3) is 0 Å². The summed E-state index contributed by atoms with van der Waals surface area (Å²) in [5.74, 6) is -1.96. The van der Waals surface area contributed by atoms with E-state index in [0.717, 1.165) is 0 Å². The summed E-state index contributed by atoms with van der Waals surface area (Å²) in [6.07, 6.45) is -12.0. The molecule has 280 valence electrons. The number of rotatable bonds is 12. The van der Waals surface area contributed by atoms with Gasteiger partial charge in [0.2, 0.25) is 5.91 Å². The Hall–Kier alpha value is -1.69. The van der Waals surface area contributed by atoms with Gasteiger partial charge in [-0.3, -0.25) is 4.79 Å². The van der Waals surface area contributed by atoms with Gasteiger partial charge >= 0.3 is 0 Å². The van der Waals surface area contributed by atoms with Crippen LogP contribution in [0.1, 0.15) is 19.3 Å². The number of hydrogen-bond acceptors (Lipinski definition) is 19. The highest BCUT2D eigenvalue weighted by atomic mass is 16.8. The highest BCUT2D eigenvalue weighted by Crippen LogP contribution is 2.53. The number of aliphatic hydroxyl groups excluding tert-OH is 6. The summed E-state index contributed by atoms with van der Waals surface area (Å²) >= 11 is 0. The first-order chi connectivity index (χ1) is 23.2. The van der Waals surface area contributed by atoms with E-state index in [0.29, 0.717) is 0 Å². The third kappa shape index (κ3) is 7.21. The quantitative estimate of drug-likeness (QED) is 0.0838. The van der Waals surface area contributed by atoms with Gasteiger partial charge in [0, 0.05) is 38.0 Å². The Kier molecular flexibility index (Phi) is 12.2. The zero-order chi connectivity index (χ0) is 35.9. The predicted octanol–water partition coefficient (Wildman–Crippen LogP) is -8.12. The minimum absolute atomic E-state index is 0.0607. The molecule has 0 radical (unpaired) electrons. The number of carbonyl (C=O) groups is 1. The summed E-state index contributed by atoms with van der Waals surface area (Å²) in [6, 6.07) is -4.11. The molecule has 2 saturated carbocycles. The lowest BCUT2D eigenvalue weighted by molar-refractivity contribution is -0.352. The van der Waals surface area contributed by atoms with Gasteiger partial charge in [-0.1, -0.05) is 0 Å². The Balaban J connectivity index is 1.26. The number of nitrogens with two attached hydrogens (primary N) is 5. The third-order valence-corrected chi connectivity index (χ3v) is 10.2. The lowest BCUT2D eigenvalue weighted by Gasteiger charge is -2.51. The van der Waals surface area contributed by atoms with Gasteiger partial charge in [-0.05, 0) is 6.42 Å². The van der Waals surface area contributed by atoms with Crippen LogP contribution in [-0.4, -0.2) is 171 Å². The van der Waals surface area contributed by atoms with E-state index in [1.165, 1.54) is 0 Å². The predicted molar refractivity (Wildman–Crippen MR) is 163 cm³/mol. The van der Waals surface area contributed by atoms with Gasteiger partial charge in [-0.25, -0.2) is 0 Å². The molecule has 20 unspecified atom stereocenters. The molecular weight excluding hydrogens is 656 g/mol. The molecule has 0 aromatic carbocycles. The summed E-state index contributed by atoms with van der Waals surface area (Å²) in [4.78, 5) is 12.0. The van der Waals surface area contributed by atoms with E-state index < -0.39 is 128 Å². The van der Waals surface area contributed by atoms with Crippen molar-refractivity contribution in [2.75, 3.05) is 19.7 Å². The molecule has 5 fully saturated rings. The molecule has 3 aliphatic heterocycles. The highest BCUT2D eigenvalue weighted by molar-refractivity contribution is 5.76. The van der Waals surface area contributed by atoms with Gasteiger partial charge in [0.05, 0.1) is 42.7 Å². The molecular formula is C29H50N6O14. The normalized spacial score (nSPS) is 51.1. The number of terminal acetylenes is 1. The molecule has 20 heteroatoms. The van der Waals surface area contributed by atoms with Crippen molar-refractivity contribution in [3.05, 3.63) is 0 Å². The lowest BCUT2D eigenvalue weighted by atomic mass is 9.64. The van der Waals surface area contributed by atoms with Gasteiger partial charge in [-0.2, -0.15) is 0 Å². The van der Waals surface area contributed by atoms with Crippen LogP contribution in [0.4, 0.5) is 0 Å². The summed E-state index contributed by atoms with van der Waals surface area (Å²) in [7, 11) is 0. The van der Waals surface area contributed by atoms with Gasteiger partial charge in [0.1, 0.15) is 48.8 Å². The molecule has 3 heterocycles. The fourth-order valence-electron chi connectivity index (χ4n) is 7.33. The zero-order valence-corrected chi connectivity index (χ0v) is 26.7. The molecule has 5 aliphatic rings. The van der Waals surface area contributed by atoms with Crippen molar-refractivity contribution < 1.29 is 69.0 Å². The second kappa shape index (κ2) is 15.5. The number of hydrogen-bond donors (Lipinski definition) is 13. The molecule has 20 atom stereocenters. The van der Waals surface area contributed by atoms with Crippen LogP contribution >= 0.6 is 0 Å². The topological polar surface area (TPSA) is 356 Å². The largest absolute Gasteiger partial charge is 0.394 e. The standard InChI is InChI=1S/C29H50N6O14/c1-2-3-4-14(37)35-7-9-18(38)15-16(33)27(49-29(9,15)43)47-24-13(8-36)45-28(22(24)42)48-25-19(39)10(31)5-11(32)23(25)46-26-17(34)21(41)20(40)12(6-30)44-26/h1,9-13,15-28,36,38-43H,3-8,30-34H2,(H,35,37). The Morgan fingerprint density at radius 2 is 1.49 bits per heavy atom. The summed E-state index contributed by atoms with van der Waals surface area (Å²) < 4.78 is 35.1. The second-order valence-electron chi connectivity index (χ2n) is 13.4. The Bertz CT molecular complexity index is 1190. The van der Waals surface area contributed by atoms with E-state index in [1.807, 2.05) is 0 Å². The van der Waals surface area contributed by atoms with Crippen molar-refractivity contribution >= 4 is 5.91 Å². The third-order valence-electron chi connectivity index (χ3n) is 10.2. The van der Waals surface area contributed by atoms with Crippen LogP contribution in [0.2, 0.25) is 0 Å². The summed E-state index contributed by atoms with van der Waals surface area (Å²) in [5, 5.41) is 77.7. The van der Waals surface area contributed by atoms with Crippen LogP contribution in [0.15, 0.2) is 0 Å². The van der Waals surface area contributed by atoms with Gasteiger partial charge in [0.15, 0.2) is 24.7 Å². The maximum atomic E-state index is 12.0. The van der Waals surface area contributed by atoms with Crippen molar-refractivity contribution in [2.45, 2.75) is 129 Å². The maximum absolute atomic E-state index is 12.0. The van der Waals surface area contributed by atoms with Gasteiger partial charge < -0.3 is 98.2 Å². The van der Waals surface area contributed by atoms with E-state index >= 15 is 0 Å². The Morgan fingerprint density at radius 3 is 2.14 bits per heavy atom. The number of nitrogens with one attached hydrogen (secondary N) is 1. The van der Waals surface area contributed by atoms with Crippen molar-refractivity contribution in [2.24, 2.45) is 40.5 Å². The molecule has 18 N–H and O–H groups in total. The molecule has 5 rings (SSSR count). The first kappa shape index (κ1) is 38.5. The van der Waals surface area contributed by atoms with Crippen LogP contribution in [0.3, 0.4) is 0 Å². The second-order valence-corrected chi connectivity index (χ2v) is 13.4. The minimum Gasteiger partial charge on any atom is -0.394 e. The van der Waals surface area contributed by atoms with Crippen LogP contribution in [-0.2, 0) is 33.2 Å². The van der Waals surface area contributed by atoms with E-state index in [9.17, 15) is 40.5 Å². The lowest BCUT2D eigenvalue weighted by Crippen LogP contribution is -2.69. The first-order valence-corrected chi connectivity index (χ1v) is 16.3. The monoisotopic (exact) mass is 706 g/mol. The first-order valence-electron chi connectivity index (χ1n) is 16.3. The van der Waals surface area contributed by atoms with Crippen LogP contribution in [0, 0.1) is 24.2 Å². The molecule has 2 aliphatic carbocycles. The Morgan fingerprint density at radius 1 is 0.837 bits per heavy atom. The maximum Gasteiger partial charge on any atom is 0.220 e. The molecule has 0 spiro atoms. The van der Waals surface area contributed by atoms with E-state index in [4.69, 9.17) is 63.5 Å². The van der Waals surface area contributed by atoms with Gasteiger partial charge in [0.25, 0.3) is 0 Å². The van der Waals surface area contributed by atoms with E-state index in [1.54, 1.807) is 0 Å². The fraction of sp³-hybridized carbons (Fsp3) is 0.897. The zero-order valence-electron chi connectivity index (χ0n) is 26.7. The fourth-order valence-corrected chi connectivity index (χ4v) is 7.33. The van der Waals surface area contributed by atoms with Crippen molar-refractivity contribution in [1.29, 1.82) is 0 Å². The highest BCUT2D eigenvalue weighted by Gasteiger charge is 2.71. The molecule has 3 saturated heterocycles. The van der Waals surface area contributed by atoms with Crippen LogP contribution in [0.5, 0.6) is 0 Å². The molecule has 0 aromatic heterocycles. The Labute approximate surface area is 282 Å². The van der Waals surface area contributed by atoms with E-state index in [-0.39, 0.29) is 38.3 Å². The average molecular weight is 707 g/mol. The van der Waals surface area contributed by atoms with Crippen molar-refractivity contribution in [3.8, 4) is 12.3 Å². The van der Waals surface area contributed by atoms with Crippen LogP contribution < -0.4 is 34.0 Å². The number of fused-ring (bicyclic) bond motifs is 1. The number of carbonyl (C=O) groups excluding carboxylic acids is 1. The minimum atomic E-state index is -1.98. The number of ether oxygens (including phenoxy) is 6. The average Bonchev–Trinajstić information content (AvgIpc) is 3.48. The van der Waals surface area contributed by atoms with Gasteiger partial charge in [-0.15, -0.1) is 12.3 Å². The molecule has 20 nitrogen and oxygen atoms in total. The molecule has 0 aromatic rings.